The maximum absolute atomic E-state index is 9.93. The lowest BCUT2D eigenvalue weighted by atomic mass is 10.3. The van der Waals surface area contributed by atoms with Gasteiger partial charge in [0.1, 0.15) is 0 Å². The lowest BCUT2D eigenvalue weighted by Gasteiger charge is -1.92. The number of aryl methyl sites for hydroxylation is 1. The van der Waals surface area contributed by atoms with Gasteiger partial charge in [-0.1, -0.05) is 0 Å². The molecule has 0 spiro atoms. The number of carbonyl (C=O) groups is 1. The van der Waals surface area contributed by atoms with Crippen molar-refractivity contribution in [3.8, 4) is 0 Å². The van der Waals surface area contributed by atoms with E-state index in [1.165, 1.54) is 4.88 Å². The minimum Gasteiger partial charge on any atom is -0.277 e. The number of amides is 1. The van der Waals surface area contributed by atoms with Gasteiger partial charge in [-0.15, -0.1) is 11.3 Å². The van der Waals surface area contributed by atoms with Crippen molar-refractivity contribution in [3.05, 3.63) is 21.9 Å². The molecule has 0 saturated carbocycles. The van der Waals surface area contributed by atoms with Crippen LogP contribution in [0.2, 0.25) is 0 Å². The Morgan fingerprint density at radius 3 is 2.92 bits per heavy atom. The van der Waals surface area contributed by atoms with Crippen molar-refractivity contribution in [1.82, 2.24) is 5.43 Å². The molecule has 1 N–H and O–H groups in total. The first-order valence-corrected chi connectivity index (χ1v) is 4.36. The van der Waals surface area contributed by atoms with Gasteiger partial charge in [0.2, 0.25) is 6.41 Å². The smallest absolute Gasteiger partial charge is 0.227 e. The van der Waals surface area contributed by atoms with Crippen LogP contribution < -0.4 is 5.43 Å². The van der Waals surface area contributed by atoms with Gasteiger partial charge in [-0.2, -0.15) is 5.10 Å². The molecule has 0 atom stereocenters. The Bertz CT molecular complexity index is 304. The van der Waals surface area contributed by atoms with Gasteiger partial charge in [0.25, 0.3) is 0 Å². The minimum atomic E-state index is 0.559. The monoisotopic (exact) mass is 182 g/mol. The third-order valence-corrected chi connectivity index (χ3v) is 2.49. The van der Waals surface area contributed by atoms with Gasteiger partial charge < -0.3 is 0 Å². The second kappa shape index (κ2) is 4.01. The number of carbonyl (C=O) groups excluding carboxylic acids is 1. The molecule has 0 saturated heterocycles. The molecule has 1 aromatic heterocycles. The normalized spacial score (nSPS) is 11.3. The Morgan fingerprint density at radius 2 is 2.42 bits per heavy atom. The van der Waals surface area contributed by atoms with E-state index >= 15 is 0 Å². The molecule has 1 rings (SSSR count). The van der Waals surface area contributed by atoms with Crippen LogP contribution in [0.3, 0.4) is 0 Å². The van der Waals surface area contributed by atoms with Gasteiger partial charge in [0.15, 0.2) is 0 Å². The molecule has 0 radical (unpaired) electrons. The van der Waals surface area contributed by atoms with Crippen LogP contribution in [0.1, 0.15) is 16.7 Å². The Labute approximate surface area is 75.1 Å². The summed E-state index contributed by atoms with van der Waals surface area (Å²) >= 11 is 1.66. The molecule has 64 valence electrons. The maximum Gasteiger partial charge on any atom is 0.227 e. The summed E-state index contributed by atoms with van der Waals surface area (Å²) in [6.45, 7) is 3.90. The average molecular weight is 182 g/mol. The van der Waals surface area contributed by atoms with E-state index in [0.717, 1.165) is 10.6 Å². The van der Waals surface area contributed by atoms with Gasteiger partial charge in [-0.3, -0.25) is 4.79 Å². The quantitative estimate of drug-likeness (QED) is 0.430. The minimum absolute atomic E-state index is 0.559. The van der Waals surface area contributed by atoms with E-state index in [-0.39, 0.29) is 0 Å². The van der Waals surface area contributed by atoms with E-state index in [9.17, 15) is 4.79 Å². The van der Waals surface area contributed by atoms with Crippen molar-refractivity contribution in [3.63, 3.8) is 0 Å². The van der Waals surface area contributed by atoms with Gasteiger partial charge in [-0.05, 0) is 26.0 Å². The lowest BCUT2D eigenvalue weighted by Crippen LogP contribution is -2.05. The lowest BCUT2D eigenvalue weighted by molar-refractivity contribution is -0.109. The van der Waals surface area contributed by atoms with Crippen molar-refractivity contribution in [2.75, 3.05) is 0 Å². The molecule has 0 aliphatic heterocycles. The second-order valence-corrected chi connectivity index (χ2v) is 3.64. The van der Waals surface area contributed by atoms with E-state index < -0.39 is 0 Å². The summed E-state index contributed by atoms with van der Waals surface area (Å²) in [5, 5.41) is 3.84. The van der Waals surface area contributed by atoms with Crippen molar-refractivity contribution in [2.24, 2.45) is 5.10 Å². The molecule has 0 bridgehead atoms. The topological polar surface area (TPSA) is 41.5 Å². The molecule has 0 aromatic carbocycles. The number of rotatable bonds is 3. The predicted octanol–water partition coefficient (Wildman–Crippen LogP) is 1.53. The van der Waals surface area contributed by atoms with Gasteiger partial charge in [-0.25, -0.2) is 5.43 Å². The highest BCUT2D eigenvalue weighted by Gasteiger charge is 1.99. The largest absolute Gasteiger partial charge is 0.277 e. The van der Waals surface area contributed by atoms with Crippen LogP contribution in [0.4, 0.5) is 0 Å². The summed E-state index contributed by atoms with van der Waals surface area (Å²) in [7, 11) is 0. The summed E-state index contributed by atoms with van der Waals surface area (Å²) in [5.41, 5.74) is 3.10. The predicted molar refractivity (Wildman–Crippen MR) is 50.5 cm³/mol. The number of thiophene rings is 1. The zero-order chi connectivity index (χ0) is 8.97. The van der Waals surface area contributed by atoms with E-state index in [0.29, 0.717) is 6.41 Å². The molecule has 0 aliphatic carbocycles. The summed E-state index contributed by atoms with van der Waals surface area (Å²) in [4.78, 5) is 12.3. The summed E-state index contributed by atoms with van der Waals surface area (Å²) < 4.78 is 0. The number of nitrogens with zero attached hydrogens (tertiary/aromatic N) is 1. The highest BCUT2D eigenvalue weighted by molar-refractivity contribution is 7.14. The SMILES string of the molecule is C/C(=N/NC=O)c1ccc(C)s1. The Balaban J connectivity index is 2.76. The van der Waals surface area contributed by atoms with Gasteiger partial charge in [0, 0.05) is 4.88 Å². The van der Waals surface area contributed by atoms with Crippen LogP contribution in [0, 0.1) is 6.92 Å². The molecule has 1 heterocycles. The summed E-state index contributed by atoms with van der Waals surface area (Å²) in [5.74, 6) is 0. The van der Waals surface area contributed by atoms with Crippen LogP contribution in [0.15, 0.2) is 17.2 Å². The molecule has 0 aliphatic rings. The summed E-state index contributed by atoms with van der Waals surface area (Å²) in [6, 6.07) is 4.02. The van der Waals surface area contributed by atoms with Gasteiger partial charge >= 0.3 is 0 Å². The van der Waals surface area contributed by atoms with Crippen LogP contribution >= 0.6 is 11.3 Å². The van der Waals surface area contributed by atoms with Gasteiger partial charge in [0.05, 0.1) is 10.6 Å². The highest BCUT2D eigenvalue weighted by atomic mass is 32.1. The van der Waals surface area contributed by atoms with Crippen LogP contribution in [0.25, 0.3) is 0 Å². The van der Waals surface area contributed by atoms with Crippen LogP contribution in [-0.4, -0.2) is 12.1 Å². The van der Waals surface area contributed by atoms with Crippen molar-refractivity contribution in [2.45, 2.75) is 13.8 Å². The third-order valence-electron chi connectivity index (χ3n) is 1.38. The fraction of sp³-hybridized carbons (Fsp3) is 0.250. The molecule has 12 heavy (non-hydrogen) atoms. The third kappa shape index (κ3) is 2.17. The molecular weight excluding hydrogens is 172 g/mol. The fourth-order valence-corrected chi connectivity index (χ4v) is 1.62. The number of nitrogens with one attached hydrogen (secondary N) is 1. The summed E-state index contributed by atoms with van der Waals surface area (Å²) in [6.07, 6.45) is 0.559. The second-order valence-electron chi connectivity index (χ2n) is 2.35. The van der Waals surface area contributed by atoms with E-state index in [1.54, 1.807) is 11.3 Å². The molecule has 1 amide bonds. The molecule has 1 aromatic rings. The highest BCUT2D eigenvalue weighted by Crippen LogP contribution is 2.15. The number of hydrazone groups is 1. The average Bonchev–Trinajstić information content (AvgIpc) is 2.47. The van der Waals surface area contributed by atoms with E-state index in [4.69, 9.17) is 0 Å². The number of hydrogen-bond donors (Lipinski definition) is 1. The number of hydrogen-bond acceptors (Lipinski definition) is 3. The van der Waals surface area contributed by atoms with Crippen LogP contribution in [0.5, 0.6) is 0 Å². The molecule has 4 heteroatoms. The Kier molecular flexibility index (Phi) is 2.99. The van der Waals surface area contributed by atoms with E-state index in [1.807, 2.05) is 26.0 Å². The first-order chi connectivity index (χ1) is 5.74. The molecular formula is C8H10N2OS. The first-order valence-electron chi connectivity index (χ1n) is 3.54. The first kappa shape index (κ1) is 8.93. The maximum atomic E-state index is 9.93. The molecule has 0 fully saturated rings. The standard InChI is InChI=1S/C8H10N2OS/c1-6-3-4-8(12-6)7(2)10-9-5-11/h3-5H,1-2H3,(H,9,11)/b10-7-. The fourth-order valence-electron chi connectivity index (χ4n) is 0.807. The Morgan fingerprint density at radius 1 is 1.67 bits per heavy atom. The Hall–Kier alpha value is -1.16. The zero-order valence-electron chi connectivity index (χ0n) is 7.00. The van der Waals surface area contributed by atoms with Crippen molar-refractivity contribution in [1.29, 1.82) is 0 Å². The van der Waals surface area contributed by atoms with Crippen molar-refractivity contribution < 1.29 is 4.79 Å². The van der Waals surface area contributed by atoms with E-state index in [2.05, 4.69) is 10.5 Å². The molecule has 0 unspecified atom stereocenters. The zero-order valence-corrected chi connectivity index (χ0v) is 7.81. The van der Waals surface area contributed by atoms with Crippen molar-refractivity contribution >= 4 is 23.5 Å². The molecule has 3 nitrogen and oxygen atoms in total. The van der Waals surface area contributed by atoms with Crippen LogP contribution in [-0.2, 0) is 4.79 Å².